The fourth-order valence-corrected chi connectivity index (χ4v) is 1.67. The molecular weight excluding hydrogens is 294 g/mol. The molecule has 1 aromatic carbocycles. The first-order chi connectivity index (χ1) is 11.0. The Balaban J connectivity index is 2.80. The Labute approximate surface area is 135 Å². The monoisotopic (exact) mass is 313 g/mol. The van der Waals surface area contributed by atoms with E-state index in [0.29, 0.717) is 5.56 Å². The predicted molar refractivity (Wildman–Crippen MR) is 86.2 cm³/mol. The Morgan fingerprint density at radius 2 is 1.91 bits per heavy atom. The molecule has 2 amide bonds. The first-order valence-electron chi connectivity index (χ1n) is 7.09. The average molecular weight is 313 g/mol. The van der Waals surface area contributed by atoms with Crippen molar-refractivity contribution in [2.24, 2.45) is 5.73 Å². The van der Waals surface area contributed by atoms with Gasteiger partial charge in [0.2, 0.25) is 0 Å². The molecule has 0 aliphatic heterocycles. The van der Waals surface area contributed by atoms with Crippen LogP contribution in [0.25, 0.3) is 0 Å². The molecule has 2 atom stereocenters. The van der Waals surface area contributed by atoms with Crippen LogP contribution in [0.4, 0.5) is 0 Å². The van der Waals surface area contributed by atoms with Crippen molar-refractivity contribution in [2.75, 3.05) is 0 Å². The Bertz CT molecular complexity index is 673. The number of rotatable bonds is 4. The second kappa shape index (κ2) is 9.26. The average Bonchev–Trinajstić information content (AvgIpc) is 2.56. The molecule has 0 spiro atoms. The van der Waals surface area contributed by atoms with Gasteiger partial charge in [-0.2, -0.15) is 0 Å². The van der Waals surface area contributed by atoms with Crippen LogP contribution in [-0.2, 0) is 4.79 Å². The van der Waals surface area contributed by atoms with E-state index in [1.54, 1.807) is 31.2 Å². The zero-order valence-electron chi connectivity index (χ0n) is 13.0. The van der Waals surface area contributed by atoms with Gasteiger partial charge in [0, 0.05) is 23.6 Å². The molecule has 0 saturated carbocycles. The normalized spacial score (nSPS) is 11.8. The van der Waals surface area contributed by atoms with E-state index < -0.39 is 23.9 Å². The molecule has 0 aliphatic carbocycles. The smallest absolute Gasteiger partial charge is 0.267 e. The summed E-state index contributed by atoms with van der Waals surface area (Å²) in [5.41, 5.74) is 8.19. The molecule has 5 N–H and O–H groups in total. The number of hydroxylamine groups is 1. The number of nitrogens with one attached hydrogen (secondary N) is 2. The van der Waals surface area contributed by atoms with Crippen LogP contribution in [0.1, 0.15) is 36.2 Å². The van der Waals surface area contributed by atoms with E-state index in [1.807, 2.05) is 6.92 Å². The highest BCUT2D eigenvalue weighted by Gasteiger charge is 2.24. The number of hydrogen-bond donors (Lipinski definition) is 4. The molecule has 0 aliphatic rings. The van der Waals surface area contributed by atoms with Crippen LogP contribution in [-0.4, -0.2) is 29.1 Å². The molecule has 1 aromatic rings. The number of nitrogens with two attached hydrogens (primary N) is 1. The van der Waals surface area contributed by atoms with Crippen LogP contribution >= 0.6 is 0 Å². The van der Waals surface area contributed by atoms with E-state index in [0.717, 1.165) is 12.0 Å². The number of amides is 2. The van der Waals surface area contributed by atoms with Gasteiger partial charge < -0.3 is 11.1 Å². The fourth-order valence-electron chi connectivity index (χ4n) is 1.67. The Hall–Kier alpha value is -2.80. The molecule has 0 saturated heterocycles. The van der Waals surface area contributed by atoms with Crippen molar-refractivity contribution in [1.82, 2.24) is 10.8 Å². The molecule has 6 heteroatoms. The van der Waals surface area contributed by atoms with E-state index in [2.05, 4.69) is 29.0 Å². The topological polar surface area (TPSA) is 104 Å². The van der Waals surface area contributed by atoms with Gasteiger partial charge in [0.25, 0.3) is 11.8 Å². The lowest BCUT2D eigenvalue weighted by molar-refractivity contribution is -0.131. The van der Waals surface area contributed by atoms with Crippen LogP contribution < -0.4 is 16.5 Å². The number of carbonyl (C=O) groups is 2. The summed E-state index contributed by atoms with van der Waals surface area (Å²) in [5.74, 6) is 9.87. The van der Waals surface area contributed by atoms with Gasteiger partial charge in [-0.05, 0) is 43.0 Å². The van der Waals surface area contributed by atoms with Gasteiger partial charge in [-0.3, -0.25) is 14.8 Å². The first kappa shape index (κ1) is 18.2. The van der Waals surface area contributed by atoms with Crippen molar-refractivity contribution in [2.45, 2.75) is 32.4 Å². The molecule has 0 bridgehead atoms. The summed E-state index contributed by atoms with van der Waals surface area (Å²) in [6.45, 7) is 3.49. The quantitative estimate of drug-likeness (QED) is 0.367. The molecule has 120 valence electrons. The lowest BCUT2D eigenvalue weighted by Crippen LogP contribution is -2.54. The van der Waals surface area contributed by atoms with E-state index in [4.69, 9.17) is 10.9 Å². The highest BCUT2D eigenvalue weighted by atomic mass is 16.5. The lowest BCUT2D eigenvalue weighted by atomic mass is 10.1. The van der Waals surface area contributed by atoms with Gasteiger partial charge in [0.05, 0.1) is 0 Å². The van der Waals surface area contributed by atoms with Crippen LogP contribution in [0, 0.1) is 23.7 Å². The maximum Gasteiger partial charge on any atom is 0.267 e. The summed E-state index contributed by atoms with van der Waals surface area (Å²) >= 11 is 0. The van der Waals surface area contributed by atoms with Crippen molar-refractivity contribution in [3.05, 3.63) is 35.4 Å². The number of hydrogen-bond acceptors (Lipinski definition) is 4. The zero-order chi connectivity index (χ0) is 17.2. The summed E-state index contributed by atoms with van der Waals surface area (Å²) in [6, 6.07) is 4.85. The van der Waals surface area contributed by atoms with Crippen LogP contribution in [0.2, 0.25) is 0 Å². The van der Waals surface area contributed by atoms with Crippen LogP contribution in [0.5, 0.6) is 0 Å². The highest BCUT2D eigenvalue weighted by molar-refractivity contribution is 5.97. The minimum absolute atomic E-state index is 0.353. The molecule has 0 aromatic heterocycles. The van der Waals surface area contributed by atoms with Gasteiger partial charge >= 0.3 is 0 Å². The van der Waals surface area contributed by atoms with E-state index in [-0.39, 0.29) is 0 Å². The van der Waals surface area contributed by atoms with Crippen molar-refractivity contribution in [3.63, 3.8) is 0 Å². The Morgan fingerprint density at radius 3 is 2.43 bits per heavy atom. The number of carbonyl (C=O) groups excluding carboxylic acids is 2. The molecule has 23 heavy (non-hydrogen) atoms. The largest absolute Gasteiger partial charge is 0.339 e. The second-order valence-corrected chi connectivity index (χ2v) is 4.77. The summed E-state index contributed by atoms with van der Waals surface area (Å²) in [7, 11) is 0. The zero-order valence-corrected chi connectivity index (χ0v) is 13.0. The molecule has 0 heterocycles. The van der Waals surface area contributed by atoms with Crippen molar-refractivity contribution in [3.8, 4) is 23.7 Å². The van der Waals surface area contributed by atoms with Crippen LogP contribution in [0.15, 0.2) is 24.3 Å². The van der Waals surface area contributed by atoms with Gasteiger partial charge in [0.15, 0.2) is 0 Å². The summed E-state index contributed by atoms with van der Waals surface area (Å²) < 4.78 is 0. The molecule has 1 rings (SSSR count). The summed E-state index contributed by atoms with van der Waals surface area (Å²) in [4.78, 5) is 23.6. The lowest BCUT2D eigenvalue weighted by Gasteiger charge is -2.19. The third-order valence-electron chi connectivity index (χ3n) is 2.89. The van der Waals surface area contributed by atoms with Crippen LogP contribution in [0.3, 0.4) is 0 Å². The third kappa shape index (κ3) is 5.84. The van der Waals surface area contributed by atoms with Crippen molar-refractivity contribution in [1.29, 1.82) is 0 Å². The maximum absolute atomic E-state index is 12.1. The predicted octanol–water partition coefficient (Wildman–Crippen LogP) is 0.403. The second-order valence-electron chi connectivity index (χ2n) is 4.77. The summed E-state index contributed by atoms with van der Waals surface area (Å²) in [5, 5.41) is 11.1. The maximum atomic E-state index is 12.1. The Morgan fingerprint density at radius 1 is 1.26 bits per heavy atom. The summed E-state index contributed by atoms with van der Waals surface area (Å²) in [6.07, 6.45) is 0.746. The van der Waals surface area contributed by atoms with E-state index in [1.165, 1.54) is 5.48 Å². The molecular formula is C17H19N3O3. The third-order valence-corrected chi connectivity index (χ3v) is 2.89. The molecule has 1 unspecified atom stereocenters. The fraction of sp³-hybridized carbons (Fsp3) is 0.294. The molecule has 0 radical (unpaired) electrons. The minimum atomic E-state index is -1.03. The minimum Gasteiger partial charge on any atom is -0.339 e. The van der Waals surface area contributed by atoms with E-state index in [9.17, 15) is 9.59 Å². The van der Waals surface area contributed by atoms with Gasteiger partial charge in [-0.25, -0.2) is 5.48 Å². The Kier molecular flexibility index (Phi) is 7.35. The van der Waals surface area contributed by atoms with Crippen molar-refractivity contribution < 1.29 is 14.8 Å². The van der Waals surface area contributed by atoms with E-state index >= 15 is 0 Å². The standard InChI is InChI=1S/C17H19N3O3/c1-3-4-5-6-7-13-8-10-14(11-9-13)16(21)19-15(12(2)18)17(22)20-23/h8-12,15,23H,3,18H2,1-2H3,(H,19,21)(H,20,22)/t12-,15?/m1/s1. The van der Waals surface area contributed by atoms with Gasteiger partial charge in [-0.15, -0.1) is 0 Å². The van der Waals surface area contributed by atoms with Gasteiger partial charge in [0.1, 0.15) is 6.04 Å². The number of benzene rings is 1. The SMILES string of the molecule is CCC#CC#Cc1ccc(C(=O)NC(C(=O)NO)[C@@H](C)N)cc1. The molecule has 6 nitrogen and oxygen atoms in total. The highest BCUT2D eigenvalue weighted by Crippen LogP contribution is 2.04. The molecule has 0 fully saturated rings. The van der Waals surface area contributed by atoms with Gasteiger partial charge in [-0.1, -0.05) is 18.8 Å². The first-order valence-corrected chi connectivity index (χ1v) is 7.09. The van der Waals surface area contributed by atoms with Crippen molar-refractivity contribution >= 4 is 11.8 Å².